The molecule has 0 saturated carbocycles. The van der Waals surface area contributed by atoms with Crippen molar-refractivity contribution in [1.29, 1.82) is 0 Å². The average Bonchev–Trinajstić information content (AvgIpc) is 3.24. The number of aryl methyl sites for hydroxylation is 1. The van der Waals surface area contributed by atoms with Crippen molar-refractivity contribution in [2.45, 2.75) is 25.3 Å². The molecular formula is C24H22F2N6O2. The Morgan fingerprint density at radius 1 is 1.21 bits per heavy atom. The summed E-state index contributed by atoms with van der Waals surface area (Å²) in [5.74, 6) is -1.34. The van der Waals surface area contributed by atoms with Gasteiger partial charge in [-0.1, -0.05) is 0 Å². The van der Waals surface area contributed by atoms with Crippen LogP contribution in [0, 0.1) is 11.6 Å². The lowest BCUT2D eigenvalue weighted by Gasteiger charge is -2.22. The standard InChI is InChI=1S/C24H22F2N6O2/c1-34-23-5-4-20-24(30-23)21(6-7-27-20)32-13-14-8-17(2-3-19(14)31-32)28-12-22(33)29-18-10-15(25)9-16(26)11-18/h4-7,9-11,13,17,28H,2-3,8,12H2,1H3,(H,29,33). The summed E-state index contributed by atoms with van der Waals surface area (Å²) in [7, 11) is 1.57. The van der Waals surface area contributed by atoms with Crippen LogP contribution in [0.3, 0.4) is 0 Å². The molecule has 1 atom stereocenters. The van der Waals surface area contributed by atoms with E-state index in [1.807, 2.05) is 23.0 Å². The molecule has 3 heterocycles. The van der Waals surface area contributed by atoms with Gasteiger partial charge in [0, 0.05) is 36.3 Å². The summed E-state index contributed by atoms with van der Waals surface area (Å²) >= 11 is 0. The van der Waals surface area contributed by atoms with Crippen LogP contribution in [0.5, 0.6) is 5.88 Å². The highest BCUT2D eigenvalue weighted by molar-refractivity contribution is 5.92. The van der Waals surface area contributed by atoms with E-state index in [4.69, 9.17) is 9.84 Å². The topological polar surface area (TPSA) is 94.0 Å². The largest absolute Gasteiger partial charge is 0.481 e. The van der Waals surface area contributed by atoms with Gasteiger partial charge in [-0.05, 0) is 49.1 Å². The van der Waals surface area contributed by atoms with Crippen LogP contribution in [0.4, 0.5) is 14.5 Å². The first kappa shape index (κ1) is 21.9. The van der Waals surface area contributed by atoms with Crippen molar-refractivity contribution in [1.82, 2.24) is 25.1 Å². The van der Waals surface area contributed by atoms with Gasteiger partial charge in [-0.2, -0.15) is 5.10 Å². The van der Waals surface area contributed by atoms with E-state index in [-0.39, 0.29) is 24.2 Å². The molecule has 1 aliphatic rings. The van der Waals surface area contributed by atoms with Crippen molar-refractivity contribution in [2.24, 2.45) is 0 Å². The van der Waals surface area contributed by atoms with Gasteiger partial charge in [0.1, 0.15) is 17.2 Å². The van der Waals surface area contributed by atoms with Gasteiger partial charge in [-0.15, -0.1) is 0 Å². The average molecular weight is 464 g/mol. The van der Waals surface area contributed by atoms with Gasteiger partial charge in [0.15, 0.2) is 0 Å². The van der Waals surface area contributed by atoms with E-state index >= 15 is 0 Å². The van der Waals surface area contributed by atoms with Gasteiger partial charge in [-0.3, -0.25) is 9.78 Å². The Morgan fingerprint density at radius 3 is 2.82 bits per heavy atom. The number of nitrogens with one attached hydrogen (secondary N) is 2. The number of methoxy groups -OCH3 is 1. The maximum Gasteiger partial charge on any atom is 0.238 e. The van der Waals surface area contributed by atoms with Crippen molar-refractivity contribution in [2.75, 3.05) is 19.0 Å². The number of aromatic nitrogens is 4. The van der Waals surface area contributed by atoms with Crippen LogP contribution in [0.2, 0.25) is 0 Å². The molecule has 1 aliphatic carbocycles. The lowest BCUT2D eigenvalue weighted by atomic mass is 9.93. The fraction of sp³-hybridized carbons (Fsp3) is 0.250. The SMILES string of the molecule is COc1ccc2nccc(-n3cc4c(n3)CCC(NCC(=O)Nc3cc(F)cc(F)c3)C4)c2n1. The highest BCUT2D eigenvalue weighted by Crippen LogP contribution is 2.25. The van der Waals surface area contributed by atoms with Crippen LogP contribution in [-0.2, 0) is 17.6 Å². The van der Waals surface area contributed by atoms with Crippen LogP contribution >= 0.6 is 0 Å². The number of hydrogen-bond donors (Lipinski definition) is 2. The summed E-state index contributed by atoms with van der Waals surface area (Å²) in [6.45, 7) is 0.0327. The molecule has 174 valence electrons. The highest BCUT2D eigenvalue weighted by Gasteiger charge is 2.23. The Balaban J connectivity index is 1.27. The van der Waals surface area contributed by atoms with Crippen molar-refractivity contribution < 1.29 is 18.3 Å². The third-order valence-electron chi connectivity index (χ3n) is 5.76. The molecule has 1 unspecified atom stereocenters. The van der Waals surface area contributed by atoms with Crippen molar-refractivity contribution in [3.8, 4) is 11.6 Å². The van der Waals surface area contributed by atoms with E-state index in [0.717, 1.165) is 53.5 Å². The predicted molar refractivity (Wildman–Crippen MR) is 122 cm³/mol. The summed E-state index contributed by atoms with van der Waals surface area (Å²) in [6, 6.07) is 8.48. The fourth-order valence-electron chi connectivity index (χ4n) is 4.16. The fourth-order valence-corrected chi connectivity index (χ4v) is 4.16. The molecule has 0 aliphatic heterocycles. The second-order valence-corrected chi connectivity index (χ2v) is 8.12. The quantitative estimate of drug-likeness (QED) is 0.455. The lowest BCUT2D eigenvalue weighted by Crippen LogP contribution is -2.39. The monoisotopic (exact) mass is 464 g/mol. The van der Waals surface area contributed by atoms with Crippen LogP contribution < -0.4 is 15.4 Å². The highest BCUT2D eigenvalue weighted by atomic mass is 19.1. The molecule has 8 nitrogen and oxygen atoms in total. The normalized spacial score (nSPS) is 15.2. The van der Waals surface area contributed by atoms with Crippen LogP contribution in [0.1, 0.15) is 17.7 Å². The van der Waals surface area contributed by atoms with Gasteiger partial charge >= 0.3 is 0 Å². The Morgan fingerprint density at radius 2 is 2.03 bits per heavy atom. The lowest BCUT2D eigenvalue weighted by molar-refractivity contribution is -0.115. The zero-order chi connectivity index (χ0) is 23.7. The van der Waals surface area contributed by atoms with E-state index in [2.05, 4.69) is 20.6 Å². The van der Waals surface area contributed by atoms with E-state index in [1.165, 1.54) is 0 Å². The van der Waals surface area contributed by atoms with Crippen LogP contribution in [-0.4, -0.2) is 45.4 Å². The second-order valence-electron chi connectivity index (χ2n) is 8.12. The van der Waals surface area contributed by atoms with Crippen LogP contribution in [0.25, 0.3) is 16.7 Å². The smallest absolute Gasteiger partial charge is 0.238 e. The third-order valence-corrected chi connectivity index (χ3v) is 5.76. The number of halogens is 2. The number of nitrogens with zero attached hydrogens (tertiary/aromatic N) is 4. The molecule has 10 heteroatoms. The van der Waals surface area contributed by atoms with E-state index in [9.17, 15) is 13.6 Å². The molecule has 0 radical (unpaired) electrons. The number of anilines is 1. The Labute approximate surface area is 194 Å². The zero-order valence-corrected chi connectivity index (χ0v) is 18.4. The molecule has 34 heavy (non-hydrogen) atoms. The molecule has 1 amide bonds. The van der Waals surface area contributed by atoms with E-state index < -0.39 is 11.6 Å². The number of amides is 1. The molecule has 0 saturated heterocycles. The molecule has 0 fully saturated rings. The summed E-state index contributed by atoms with van der Waals surface area (Å²) in [4.78, 5) is 21.1. The maximum atomic E-state index is 13.3. The van der Waals surface area contributed by atoms with Gasteiger partial charge in [0.25, 0.3) is 0 Å². The number of carbonyl (C=O) groups is 1. The molecule has 3 aromatic heterocycles. The summed E-state index contributed by atoms with van der Waals surface area (Å²) in [6.07, 6.45) is 5.98. The summed E-state index contributed by atoms with van der Waals surface area (Å²) < 4.78 is 33.7. The minimum Gasteiger partial charge on any atom is -0.481 e. The Kier molecular flexibility index (Phi) is 5.89. The van der Waals surface area contributed by atoms with Gasteiger partial charge in [-0.25, -0.2) is 18.4 Å². The zero-order valence-electron chi connectivity index (χ0n) is 18.4. The summed E-state index contributed by atoms with van der Waals surface area (Å²) in [5, 5.41) is 10.5. The van der Waals surface area contributed by atoms with Crippen molar-refractivity contribution in [3.05, 3.63) is 71.7 Å². The predicted octanol–water partition coefficient (Wildman–Crippen LogP) is 3.19. The Bertz CT molecular complexity index is 1350. The number of benzene rings is 1. The minimum absolute atomic E-state index is 0.0327. The Hall–Kier alpha value is -3.92. The molecular weight excluding hydrogens is 442 g/mol. The third kappa shape index (κ3) is 4.58. The van der Waals surface area contributed by atoms with Gasteiger partial charge < -0.3 is 15.4 Å². The number of hydrogen-bond acceptors (Lipinski definition) is 6. The first-order valence-corrected chi connectivity index (χ1v) is 10.9. The van der Waals surface area contributed by atoms with E-state index in [0.29, 0.717) is 17.8 Å². The number of carbonyl (C=O) groups excluding carboxylic acids is 1. The summed E-state index contributed by atoms with van der Waals surface area (Å²) in [5.41, 5.74) is 4.43. The maximum absolute atomic E-state index is 13.3. The van der Waals surface area contributed by atoms with Gasteiger partial charge in [0.2, 0.25) is 11.8 Å². The molecule has 2 N–H and O–H groups in total. The van der Waals surface area contributed by atoms with Crippen molar-refractivity contribution >= 4 is 22.6 Å². The molecule has 0 spiro atoms. The molecule has 4 aromatic rings. The first-order valence-electron chi connectivity index (χ1n) is 10.9. The number of pyridine rings is 2. The molecule has 1 aromatic carbocycles. The van der Waals surface area contributed by atoms with Gasteiger partial charge in [0.05, 0.1) is 30.6 Å². The minimum atomic E-state index is -0.740. The molecule has 5 rings (SSSR count). The van der Waals surface area contributed by atoms with E-state index in [1.54, 1.807) is 19.4 Å². The second kappa shape index (κ2) is 9.14. The van der Waals surface area contributed by atoms with Crippen LogP contribution in [0.15, 0.2) is 48.8 Å². The molecule has 0 bridgehead atoms. The number of fused-ring (bicyclic) bond motifs is 2. The van der Waals surface area contributed by atoms with Crippen molar-refractivity contribution in [3.63, 3.8) is 0 Å². The number of rotatable bonds is 6. The first-order chi connectivity index (χ1) is 16.5. The number of ether oxygens (including phenoxy) is 1.